The zero-order valence-electron chi connectivity index (χ0n) is 18.4. The Morgan fingerprint density at radius 2 is 1.61 bits per heavy atom. The summed E-state index contributed by atoms with van der Waals surface area (Å²) in [4.78, 5) is 16.3. The third-order valence-corrected chi connectivity index (χ3v) is 8.83. The minimum absolute atomic E-state index is 0.0318. The van der Waals surface area contributed by atoms with Gasteiger partial charge in [0.15, 0.2) is 0 Å². The second kappa shape index (κ2) is 8.84. The van der Waals surface area contributed by atoms with Crippen molar-refractivity contribution in [2.45, 2.75) is 11.3 Å². The van der Waals surface area contributed by atoms with E-state index in [2.05, 4.69) is 21.6 Å². The maximum Gasteiger partial charge on any atom is 0.265 e. The smallest absolute Gasteiger partial charge is 0.265 e. The molecule has 0 bridgehead atoms. The van der Waals surface area contributed by atoms with Crippen molar-refractivity contribution in [3.05, 3.63) is 42.5 Å². The Bertz CT molecular complexity index is 1250. The fraction of sp³-hybridized carbons (Fsp3) is 0.381. The van der Waals surface area contributed by atoms with E-state index < -0.39 is 26.0 Å². The van der Waals surface area contributed by atoms with Gasteiger partial charge in [-0.25, -0.2) is 21.1 Å². The molecule has 2 aromatic carbocycles. The predicted octanol–water partition coefficient (Wildman–Crippen LogP) is 1.31. The molecule has 2 aliphatic heterocycles. The lowest BCUT2D eigenvalue weighted by Gasteiger charge is -2.34. The lowest BCUT2D eigenvalue weighted by Crippen LogP contribution is -2.44. The molecule has 0 saturated carbocycles. The van der Waals surface area contributed by atoms with Gasteiger partial charge in [-0.15, -0.1) is 0 Å². The Balaban J connectivity index is 1.60. The van der Waals surface area contributed by atoms with Gasteiger partial charge in [0.25, 0.3) is 10.0 Å². The summed E-state index contributed by atoms with van der Waals surface area (Å²) in [5, 5.41) is 0. The topological polar surface area (TPSA) is 116 Å². The molecule has 33 heavy (non-hydrogen) atoms. The molecule has 1 N–H and O–H groups in total. The highest BCUT2D eigenvalue weighted by atomic mass is 32.2. The fourth-order valence-electron chi connectivity index (χ4n) is 3.89. The highest BCUT2D eigenvalue weighted by molar-refractivity contribution is 7.94. The van der Waals surface area contributed by atoms with Crippen molar-refractivity contribution in [3.8, 4) is 5.75 Å². The van der Waals surface area contributed by atoms with Gasteiger partial charge in [0.2, 0.25) is 15.9 Å². The van der Waals surface area contributed by atoms with Gasteiger partial charge in [0.05, 0.1) is 18.6 Å². The number of hydrogen-bond donors (Lipinski definition) is 1. The number of benzene rings is 2. The Hall–Kier alpha value is -2.83. The molecule has 0 radical (unpaired) electrons. The van der Waals surface area contributed by atoms with E-state index >= 15 is 0 Å². The molecule has 2 saturated heterocycles. The first-order valence-electron chi connectivity index (χ1n) is 10.4. The Morgan fingerprint density at radius 3 is 2.18 bits per heavy atom. The van der Waals surface area contributed by atoms with Crippen molar-refractivity contribution in [3.63, 3.8) is 0 Å². The number of methoxy groups -OCH3 is 1. The maximum absolute atomic E-state index is 13.2. The van der Waals surface area contributed by atoms with Crippen LogP contribution in [0.5, 0.6) is 5.75 Å². The number of likely N-dealkylation sites (N-methyl/N-ethyl adjacent to an activating group) is 1. The predicted molar refractivity (Wildman–Crippen MR) is 126 cm³/mol. The maximum atomic E-state index is 13.2. The van der Waals surface area contributed by atoms with Gasteiger partial charge in [-0.2, -0.15) is 0 Å². The number of rotatable bonds is 6. The highest BCUT2D eigenvalue weighted by Gasteiger charge is 2.37. The summed E-state index contributed by atoms with van der Waals surface area (Å²) in [6.07, 6.45) is -0.144. The van der Waals surface area contributed by atoms with Gasteiger partial charge in [0.1, 0.15) is 10.6 Å². The lowest BCUT2D eigenvalue weighted by atomic mass is 10.2. The molecule has 0 unspecified atom stereocenters. The standard InChI is InChI=1S/C21H26N4O6S2/c1-23-10-12-24(13-11-23)17-5-3-16(4-6-17)22-33(29,30)20-15-18(7-8-19(20)31-2)25-21(26)9-14-32(25,27)28/h3-8,15,22H,9-14H2,1-2H3. The Kier molecular flexibility index (Phi) is 6.25. The number of sulfonamides is 2. The number of nitrogens with zero attached hydrogens (tertiary/aromatic N) is 3. The van der Waals surface area contributed by atoms with Crippen LogP contribution in [0.1, 0.15) is 6.42 Å². The minimum atomic E-state index is -4.14. The number of amides is 1. The van der Waals surface area contributed by atoms with Crippen molar-refractivity contribution in [2.75, 3.05) is 60.0 Å². The summed E-state index contributed by atoms with van der Waals surface area (Å²) < 4.78 is 59.2. The summed E-state index contributed by atoms with van der Waals surface area (Å²) in [6.45, 7) is 3.70. The molecular weight excluding hydrogens is 468 g/mol. The van der Waals surface area contributed by atoms with Gasteiger partial charge >= 0.3 is 0 Å². The Morgan fingerprint density at radius 1 is 0.970 bits per heavy atom. The molecule has 0 spiro atoms. The normalized spacial score (nSPS) is 19.0. The number of hydrogen-bond acceptors (Lipinski definition) is 8. The van der Waals surface area contributed by atoms with Crippen molar-refractivity contribution in [1.29, 1.82) is 0 Å². The van der Waals surface area contributed by atoms with E-state index in [-0.39, 0.29) is 28.5 Å². The van der Waals surface area contributed by atoms with Gasteiger partial charge in [0, 0.05) is 44.0 Å². The monoisotopic (exact) mass is 494 g/mol. The molecule has 0 aromatic heterocycles. The second-order valence-electron chi connectivity index (χ2n) is 8.00. The summed E-state index contributed by atoms with van der Waals surface area (Å²) in [7, 11) is -4.57. The van der Waals surface area contributed by atoms with Crippen LogP contribution >= 0.6 is 0 Å². The molecule has 1 amide bonds. The summed E-state index contributed by atoms with van der Waals surface area (Å²) in [6, 6.07) is 10.9. The molecule has 0 atom stereocenters. The van der Waals surface area contributed by atoms with Crippen LogP contribution in [0.25, 0.3) is 0 Å². The van der Waals surface area contributed by atoms with E-state index in [1.54, 1.807) is 12.1 Å². The average Bonchev–Trinajstić information content (AvgIpc) is 3.06. The quantitative estimate of drug-likeness (QED) is 0.639. The molecule has 2 heterocycles. The summed E-state index contributed by atoms with van der Waals surface area (Å²) in [5.41, 5.74) is 1.32. The number of carbonyl (C=O) groups is 1. The molecule has 2 fully saturated rings. The summed E-state index contributed by atoms with van der Waals surface area (Å²) >= 11 is 0. The molecule has 2 aliphatic rings. The van der Waals surface area contributed by atoms with E-state index in [0.717, 1.165) is 37.9 Å². The Labute approximate surface area is 193 Å². The van der Waals surface area contributed by atoms with Crippen LogP contribution in [0.3, 0.4) is 0 Å². The number of nitrogens with one attached hydrogen (secondary N) is 1. The highest BCUT2D eigenvalue weighted by Crippen LogP contribution is 2.33. The third kappa shape index (κ3) is 4.77. The molecule has 12 heteroatoms. The van der Waals surface area contributed by atoms with E-state index in [9.17, 15) is 21.6 Å². The second-order valence-corrected chi connectivity index (χ2v) is 11.6. The molecular formula is C21H26N4O6S2. The van der Waals surface area contributed by atoms with Crippen molar-refractivity contribution in [2.24, 2.45) is 0 Å². The zero-order chi connectivity index (χ0) is 23.8. The first-order chi connectivity index (χ1) is 15.6. The molecule has 10 nitrogen and oxygen atoms in total. The van der Waals surface area contributed by atoms with Crippen LogP contribution in [0, 0.1) is 0 Å². The van der Waals surface area contributed by atoms with Gasteiger partial charge < -0.3 is 14.5 Å². The number of carbonyl (C=O) groups excluding carboxylic acids is 1. The molecule has 0 aliphatic carbocycles. The number of anilines is 3. The van der Waals surface area contributed by atoms with Crippen molar-refractivity contribution in [1.82, 2.24) is 4.90 Å². The van der Waals surface area contributed by atoms with Crippen LogP contribution in [-0.2, 0) is 24.8 Å². The first kappa shape index (κ1) is 23.3. The minimum Gasteiger partial charge on any atom is -0.495 e. The first-order valence-corrected chi connectivity index (χ1v) is 13.5. The average molecular weight is 495 g/mol. The third-order valence-electron chi connectivity index (χ3n) is 5.74. The molecule has 2 aromatic rings. The summed E-state index contributed by atoms with van der Waals surface area (Å²) in [5.74, 6) is -0.877. The molecule has 4 rings (SSSR count). The van der Waals surface area contributed by atoms with E-state index in [1.807, 2.05) is 12.1 Å². The number of ether oxygens (including phenoxy) is 1. The van der Waals surface area contributed by atoms with Crippen LogP contribution in [0.4, 0.5) is 17.1 Å². The van der Waals surface area contributed by atoms with Crippen LogP contribution in [-0.4, -0.2) is 73.7 Å². The van der Waals surface area contributed by atoms with E-state index in [4.69, 9.17) is 4.74 Å². The number of piperazine rings is 1. The van der Waals surface area contributed by atoms with E-state index in [1.165, 1.54) is 19.2 Å². The SMILES string of the molecule is COc1ccc(N2C(=O)CCS2(=O)=O)cc1S(=O)(=O)Nc1ccc(N2CCN(C)CC2)cc1. The van der Waals surface area contributed by atoms with Gasteiger partial charge in [-0.1, -0.05) is 0 Å². The zero-order valence-corrected chi connectivity index (χ0v) is 20.0. The lowest BCUT2D eigenvalue weighted by molar-refractivity contribution is -0.116. The fourth-order valence-corrected chi connectivity index (χ4v) is 6.59. The van der Waals surface area contributed by atoms with Gasteiger partial charge in [-0.05, 0) is 49.5 Å². The van der Waals surface area contributed by atoms with Crippen LogP contribution < -0.4 is 18.7 Å². The molecule has 178 valence electrons. The van der Waals surface area contributed by atoms with Crippen molar-refractivity contribution >= 4 is 43.0 Å². The van der Waals surface area contributed by atoms with Gasteiger partial charge in [-0.3, -0.25) is 9.52 Å². The largest absolute Gasteiger partial charge is 0.495 e. The van der Waals surface area contributed by atoms with Crippen LogP contribution in [0.2, 0.25) is 0 Å². The van der Waals surface area contributed by atoms with Crippen molar-refractivity contribution < 1.29 is 26.4 Å². The van der Waals surface area contributed by atoms with Crippen LogP contribution in [0.15, 0.2) is 47.4 Å². The van der Waals surface area contributed by atoms with E-state index in [0.29, 0.717) is 9.99 Å².